The van der Waals surface area contributed by atoms with E-state index in [-0.39, 0.29) is 39.6 Å². The average molecular weight is 381 g/mol. The van der Waals surface area contributed by atoms with E-state index in [1.165, 1.54) is 0 Å². The van der Waals surface area contributed by atoms with Crippen LogP contribution >= 0.6 is 0 Å². The van der Waals surface area contributed by atoms with Crippen LogP contribution in [0.1, 0.15) is 27.7 Å². The Hall–Kier alpha value is -1.12. The fourth-order valence-electron chi connectivity index (χ4n) is 0. The topological polar surface area (TPSA) is 192 Å². The van der Waals surface area contributed by atoms with E-state index in [1.807, 2.05) is 0 Å². The molecule has 0 unspecified atom stereocenters. The quantitative estimate of drug-likeness (QED) is 0.370. The molecule has 0 aromatic heterocycles. The Morgan fingerprint density at radius 3 is 0.526 bits per heavy atom. The van der Waals surface area contributed by atoms with Crippen molar-refractivity contribution in [2.45, 2.75) is 27.7 Å². The van der Waals surface area contributed by atoms with Crippen LogP contribution < -0.4 is 20.4 Å². The van der Waals surface area contributed by atoms with Crippen LogP contribution in [0.15, 0.2) is 0 Å². The van der Waals surface area contributed by atoms with Gasteiger partial charge in [-0.1, -0.05) is 0 Å². The van der Waals surface area contributed by atoms with Crippen molar-refractivity contribution in [3.05, 3.63) is 0 Å². The van der Waals surface area contributed by atoms with Crippen LogP contribution in [0.2, 0.25) is 0 Å². The molecule has 0 fully saturated rings. The van der Waals surface area contributed by atoms with Crippen molar-refractivity contribution in [2.75, 3.05) is 0 Å². The van der Waals surface area contributed by atoms with E-state index in [4.69, 9.17) is 39.6 Å². The Kier molecular flexibility index (Phi) is 81.5. The number of rotatable bonds is 0. The molecular formula is C8H14Cu2O9. The minimum Gasteiger partial charge on any atom is -0.550 e. The molecule has 0 heterocycles. The molecule has 0 spiro atoms. The van der Waals surface area contributed by atoms with Crippen molar-refractivity contribution >= 4 is 23.9 Å². The molecule has 0 amide bonds. The maximum atomic E-state index is 8.89. The summed E-state index contributed by atoms with van der Waals surface area (Å²) < 4.78 is 0. The second-order valence-corrected chi connectivity index (χ2v) is 1.97. The van der Waals surface area contributed by atoms with Gasteiger partial charge in [-0.3, -0.25) is 0 Å². The van der Waals surface area contributed by atoms with Crippen molar-refractivity contribution in [1.82, 2.24) is 0 Å². The van der Waals surface area contributed by atoms with Gasteiger partial charge in [0.1, 0.15) is 0 Å². The maximum absolute atomic E-state index is 8.89. The molecule has 0 saturated carbocycles. The zero-order valence-electron chi connectivity index (χ0n) is 10.4. The third kappa shape index (κ3) is 2970. The van der Waals surface area contributed by atoms with Gasteiger partial charge in [-0.25, -0.2) is 0 Å². The van der Waals surface area contributed by atoms with Gasteiger partial charge in [0.05, 0.1) is 0 Å². The van der Waals surface area contributed by atoms with Gasteiger partial charge in [0, 0.05) is 23.9 Å². The van der Waals surface area contributed by atoms with Gasteiger partial charge >= 0.3 is 34.1 Å². The van der Waals surface area contributed by atoms with Crippen LogP contribution in [0, 0.1) is 0 Å². The minimum absolute atomic E-state index is 0. The molecule has 11 heteroatoms. The molecule has 0 aliphatic carbocycles. The van der Waals surface area contributed by atoms with Crippen LogP contribution in [0.3, 0.4) is 0 Å². The minimum atomic E-state index is -1.08. The van der Waals surface area contributed by atoms with Crippen molar-refractivity contribution in [3.63, 3.8) is 0 Å². The third-order valence-corrected chi connectivity index (χ3v) is 0. The fourth-order valence-corrected chi connectivity index (χ4v) is 0. The zero-order valence-corrected chi connectivity index (χ0v) is 12.3. The summed E-state index contributed by atoms with van der Waals surface area (Å²) in [6, 6.07) is 0. The Bertz CT molecular complexity index is 166. The summed E-state index contributed by atoms with van der Waals surface area (Å²) in [6.07, 6.45) is 0. The molecular weight excluding hydrogens is 367 g/mol. The Labute approximate surface area is 131 Å². The fraction of sp³-hybridized carbons (Fsp3) is 0.500. The normalized spacial score (nSPS) is 5.26. The van der Waals surface area contributed by atoms with Crippen molar-refractivity contribution in [3.8, 4) is 0 Å². The molecule has 2 radical (unpaired) electrons. The van der Waals surface area contributed by atoms with Crippen LogP contribution in [-0.4, -0.2) is 29.4 Å². The van der Waals surface area contributed by atoms with Crippen LogP contribution in [0.5, 0.6) is 0 Å². The van der Waals surface area contributed by atoms with Crippen LogP contribution in [-0.2, 0) is 53.3 Å². The summed E-state index contributed by atoms with van der Waals surface area (Å²) in [5, 5.41) is 35.6. The number of hydrogen-bond acceptors (Lipinski definition) is 8. The predicted molar refractivity (Wildman–Crippen MR) is 46.3 cm³/mol. The summed E-state index contributed by atoms with van der Waals surface area (Å²) in [6.45, 7) is 3.89. The number of hydrogen-bond donors (Lipinski definition) is 0. The molecule has 0 saturated heterocycles. The zero-order chi connectivity index (χ0) is 14.3. The first kappa shape index (κ1) is 43.0. The molecule has 19 heavy (non-hydrogen) atoms. The SMILES string of the molecule is CC(=O)[O-].CC(=O)[O-].CC(=O)[O-].CC(=O)[O-].O.[Cu+2].[Cu+2]. The molecule has 0 aromatic carbocycles. The molecule has 0 bridgehead atoms. The number of carbonyl (C=O) groups is 4. The maximum Gasteiger partial charge on any atom is 2.00 e. The number of carbonyl (C=O) groups excluding carboxylic acids is 4. The summed E-state index contributed by atoms with van der Waals surface area (Å²) in [5.74, 6) is -4.33. The van der Waals surface area contributed by atoms with E-state index < -0.39 is 23.9 Å². The van der Waals surface area contributed by atoms with Gasteiger partial charge in [0.2, 0.25) is 0 Å². The van der Waals surface area contributed by atoms with Gasteiger partial charge < -0.3 is 45.1 Å². The average Bonchev–Trinajstić information content (AvgIpc) is 1.76. The van der Waals surface area contributed by atoms with Crippen molar-refractivity contribution in [1.29, 1.82) is 0 Å². The Morgan fingerprint density at radius 2 is 0.526 bits per heavy atom. The van der Waals surface area contributed by atoms with Crippen LogP contribution in [0.25, 0.3) is 0 Å². The molecule has 0 rings (SSSR count). The van der Waals surface area contributed by atoms with Gasteiger partial charge in [0.15, 0.2) is 0 Å². The van der Waals surface area contributed by atoms with Crippen LogP contribution in [0.4, 0.5) is 0 Å². The predicted octanol–water partition coefficient (Wildman–Crippen LogP) is -5.80. The standard InChI is InChI=1S/4C2H4O2.2Cu.H2O/c4*1-2(3)4;;;/h4*1H3,(H,3,4);;;1H2/q;;;;2*+2;/p-4. The Balaban J connectivity index is -0.0000000192. The summed E-state index contributed by atoms with van der Waals surface area (Å²) in [4.78, 5) is 35.6. The van der Waals surface area contributed by atoms with Gasteiger partial charge in [-0.2, -0.15) is 0 Å². The monoisotopic (exact) mass is 380 g/mol. The van der Waals surface area contributed by atoms with Crippen molar-refractivity contribution in [2.24, 2.45) is 0 Å². The van der Waals surface area contributed by atoms with E-state index in [2.05, 4.69) is 0 Å². The molecule has 122 valence electrons. The van der Waals surface area contributed by atoms with E-state index in [0.29, 0.717) is 0 Å². The molecule has 0 aliphatic heterocycles. The van der Waals surface area contributed by atoms with Gasteiger partial charge in [0.25, 0.3) is 0 Å². The summed E-state index contributed by atoms with van der Waals surface area (Å²) in [5.41, 5.74) is 0. The first-order valence-corrected chi connectivity index (χ1v) is 3.63. The number of aliphatic carboxylic acids is 4. The largest absolute Gasteiger partial charge is 2.00 e. The van der Waals surface area contributed by atoms with Crippen molar-refractivity contribution < 1.29 is 79.2 Å². The smallest absolute Gasteiger partial charge is 0.550 e. The first-order chi connectivity index (χ1) is 6.93. The molecule has 2 N–H and O–H groups in total. The third-order valence-electron chi connectivity index (χ3n) is 0. The molecule has 0 atom stereocenters. The van der Waals surface area contributed by atoms with E-state index >= 15 is 0 Å². The van der Waals surface area contributed by atoms with E-state index in [9.17, 15) is 0 Å². The number of carboxylic acid groups (broad SMARTS) is 4. The number of carboxylic acids is 4. The molecule has 0 aliphatic rings. The summed E-state index contributed by atoms with van der Waals surface area (Å²) >= 11 is 0. The summed E-state index contributed by atoms with van der Waals surface area (Å²) in [7, 11) is 0. The molecule has 0 aromatic rings. The van der Waals surface area contributed by atoms with E-state index in [1.54, 1.807) is 0 Å². The van der Waals surface area contributed by atoms with E-state index in [0.717, 1.165) is 27.7 Å². The van der Waals surface area contributed by atoms with Gasteiger partial charge in [-0.05, 0) is 27.7 Å². The molecule has 9 nitrogen and oxygen atoms in total. The second-order valence-electron chi connectivity index (χ2n) is 1.97. The van der Waals surface area contributed by atoms with Gasteiger partial charge in [-0.15, -0.1) is 0 Å². The second kappa shape index (κ2) is 36.0. The first-order valence-electron chi connectivity index (χ1n) is 3.63. The Morgan fingerprint density at radius 1 is 0.526 bits per heavy atom.